The largest absolute Gasteiger partial charge is 0.392 e. The highest BCUT2D eigenvalue weighted by Crippen LogP contribution is 2.10. The predicted octanol–water partition coefficient (Wildman–Crippen LogP) is 2.38. The lowest BCUT2D eigenvalue weighted by atomic mass is 10.2. The fourth-order valence-electron chi connectivity index (χ4n) is 1.68. The quantitative estimate of drug-likeness (QED) is 0.724. The van der Waals surface area contributed by atoms with Crippen LogP contribution < -0.4 is 4.72 Å². The van der Waals surface area contributed by atoms with Crippen LogP contribution in [0.25, 0.3) is 0 Å². The molecule has 1 aromatic rings. The van der Waals surface area contributed by atoms with E-state index in [-0.39, 0.29) is 11.4 Å². The third-order valence-electron chi connectivity index (χ3n) is 2.91. The number of sulfonamides is 1. The molecule has 0 heterocycles. The number of aryl methyl sites for hydroxylation is 1. The van der Waals surface area contributed by atoms with Crippen LogP contribution in [0.4, 0.5) is 0 Å². The van der Waals surface area contributed by atoms with E-state index in [1.165, 1.54) is 0 Å². The second-order valence-electron chi connectivity index (χ2n) is 4.78. The molecule has 0 aromatic heterocycles. The highest BCUT2D eigenvalue weighted by atomic mass is 32.2. The highest BCUT2D eigenvalue weighted by Gasteiger charge is 2.15. The first-order valence-corrected chi connectivity index (χ1v) is 8.33. The zero-order chi connectivity index (χ0) is 15.0. The number of allylic oxidation sites excluding steroid dienone is 2. The van der Waals surface area contributed by atoms with Crippen molar-refractivity contribution in [2.45, 2.75) is 44.1 Å². The van der Waals surface area contributed by atoms with Crippen molar-refractivity contribution < 1.29 is 13.5 Å². The minimum atomic E-state index is -3.54. The molecule has 0 aliphatic rings. The van der Waals surface area contributed by atoms with Gasteiger partial charge in [0, 0.05) is 6.54 Å². The number of aliphatic hydroxyl groups is 1. The maximum absolute atomic E-state index is 12.0. The molecule has 112 valence electrons. The Kier molecular flexibility index (Phi) is 6.91. The van der Waals surface area contributed by atoms with E-state index in [1.807, 2.05) is 26.0 Å². The Morgan fingerprint density at radius 2 is 1.90 bits per heavy atom. The molecule has 0 saturated heterocycles. The van der Waals surface area contributed by atoms with Crippen molar-refractivity contribution in [3.63, 3.8) is 0 Å². The molecule has 5 heteroatoms. The molecule has 0 aliphatic carbocycles. The Bertz CT molecular complexity index is 521. The van der Waals surface area contributed by atoms with E-state index in [2.05, 4.69) is 4.72 Å². The molecule has 1 aromatic carbocycles. The maximum Gasteiger partial charge on any atom is 0.240 e. The molecule has 0 spiro atoms. The summed E-state index contributed by atoms with van der Waals surface area (Å²) in [5.74, 6) is 0. The molecule has 1 unspecified atom stereocenters. The van der Waals surface area contributed by atoms with Gasteiger partial charge in [0.2, 0.25) is 10.0 Å². The van der Waals surface area contributed by atoms with Gasteiger partial charge in [0.25, 0.3) is 0 Å². The van der Waals surface area contributed by atoms with Crippen molar-refractivity contribution in [2.24, 2.45) is 0 Å². The van der Waals surface area contributed by atoms with E-state index in [1.54, 1.807) is 24.3 Å². The number of benzene rings is 1. The van der Waals surface area contributed by atoms with Crippen LogP contribution in [0, 0.1) is 6.92 Å². The van der Waals surface area contributed by atoms with Crippen LogP contribution in [0.3, 0.4) is 0 Å². The lowest BCUT2D eigenvalue weighted by Gasteiger charge is -2.11. The average molecular weight is 297 g/mol. The first kappa shape index (κ1) is 16.9. The van der Waals surface area contributed by atoms with Crippen molar-refractivity contribution in [3.8, 4) is 0 Å². The fourth-order valence-corrected chi connectivity index (χ4v) is 2.75. The molecule has 2 N–H and O–H groups in total. The molecule has 0 saturated carbocycles. The summed E-state index contributed by atoms with van der Waals surface area (Å²) < 4.78 is 26.4. The van der Waals surface area contributed by atoms with E-state index in [0.29, 0.717) is 6.42 Å². The van der Waals surface area contributed by atoms with Gasteiger partial charge in [-0.3, -0.25) is 0 Å². The molecule has 0 aliphatic heterocycles. The number of hydrogen-bond donors (Lipinski definition) is 2. The van der Waals surface area contributed by atoms with Crippen molar-refractivity contribution in [1.29, 1.82) is 0 Å². The predicted molar refractivity (Wildman–Crippen MR) is 81.0 cm³/mol. The van der Waals surface area contributed by atoms with Crippen molar-refractivity contribution in [1.82, 2.24) is 4.72 Å². The zero-order valence-electron chi connectivity index (χ0n) is 12.0. The van der Waals surface area contributed by atoms with Crippen LogP contribution in [0.2, 0.25) is 0 Å². The third-order valence-corrected chi connectivity index (χ3v) is 4.35. The Morgan fingerprint density at radius 3 is 2.50 bits per heavy atom. The number of aliphatic hydroxyl groups excluding tert-OH is 1. The lowest BCUT2D eigenvalue weighted by Crippen LogP contribution is -2.32. The monoisotopic (exact) mass is 297 g/mol. The number of nitrogens with one attached hydrogen (secondary N) is 1. The van der Waals surface area contributed by atoms with Gasteiger partial charge in [-0.25, -0.2) is 13.1 Å². The van der Waals surface area contributed by atoms with Gasteiger partial charge in [-0.15, -0.1) is 0 Å². The number of rotatable bonds is 8. The second-order valence-corrected chi connectivity index (χ2v) is 6.54. The summed E-state index contributed by atoms with van der Waals surface area (Å²) in [6.45, 7) is 3.98. The number of hydrogen-bond acceptors (Lipinski definition) is 3. The molecule has 0 fully saturated rings. The van der Waals surface area contributed by atoms with E-state index < -0.39 is 16.1 Å². The summed E-state index contributed by atoms with van der Waals surface area (Å²) in [4.78, 5) is 0.223. The molecule has 20 heavy (non-hydrogen) atoms. The lowest BCUT2D eigenvalue weighted by molar-refractivity contribution is 0.169. The second kappa shape index (κ2) is 8.19. The topological polar surface area (TPSA) is 66.4 Å². The summed E-state index contributed by atoms with van der Waals surface area (Å²) in [5, 5.41) is 9.74. The van der Waals surface area contributed by atoms with Crippen LogP contribution in [0.5, 0.6) is 0 Å². The van der Waals surface area contributed by atoms with Gasteiger partial charge in [-0.05, 0) is 38.3 Å². The summed E-state index contributed by atoms with van der Waals surface area (Å²) in [6, 6.07) is 6.63. The average Bonchev–Trinajstić information content (AvgIpc) is 2.42. The third kappa shape index (κ3) is 5.86. The molecular formula is C15H23NO3S. The maximum atomic E-state index is 12.0. The van der Waals surface area contributed by atoms with Crippen molar-refractivity contribution in [2.75, 3.05) is 6.54 Å². The van der Waals surface area contributed by atoms with Crippen molar-refractivity contribution >= 4 is 10.0 Å². The van der Waals surface area contributed by atoms with E-state index in [4.69, 9.17) is 0 Å². The molecule has 0 amide bonds. The fraction of sp³-hybridized carbons (Fsp3) is 0.467. The SMILES string of the molecule is CC/C=C/CCC(O)CNS(=O)(=O)c1ccc(C)cc1. The van der Waals surface area contributed by atoms with E-state index in [0.717, 1.165) is 18.4 Å². The van der Waals surface area contributed by atoms with Gasteiger partial charge in [0.1, 0.15) is 0 Å². The van der Waals surface area contributed by atoms with Crippen molar-refractivity contribution in [3.05, 3.63) is 42.0 Å². The van der Waals surface area contributed by atoms with Crippen LogP contribution in [-0.4, -0.2) is 26.2 Å². The van der Waals surface area contributed by atoms with Gasteiger partial charge in [-0.2, -0.15) is 0 Å². The highest BCUT2D eigenvalue weighted by molar-refractivity contribution is 7.89. The van der Waals surface area contributed by atoms with Gasteiger partial charge in [0.05, 0.1) is 11.0 Å². The Hall–Kier alpha value is -1.17. The molecule has 1 rings (SSSR count). The minimum absolute atomic E-state index is 0.0379. The smallest absolute Gasteiger partial charge is 0.240 e. The first-order chi connectivity index (χ1) is 9.45. The zero-order valence-corrected chi connectivity index (χ0v) is 12.9. The van der Waals surface area contributed by atoms with E-state index in [9.17, 15) is 13.5 Å². The minimum Gasteiger partial charge on any atom is -0.392 e. The Balaban J connectivity index is 2.47. The summed E-state index contributed by atoms with van der Waals surface area (Å²) in [5.41, 5.74) is 1.01. The normalized spacial score (nSPS) is 13.8. The van der Waals surface area contributed by atoms with Crippen LogP contribution in [0.1, 0.15) is 31.7 Å². The van der Waals surface area contributed by atoms with Gasteiger partial charge < -0.3 is 5.11 Å². The Labute approximate surface area is 121 Å². The molecule has 1 atom stereocenters. The molecule has 0 radical (unpaired) electrons. The Morgan fingerprint density at radius 1 is 1.25 bits per heavy atom. The van der Waals surface area contributed by atoms with E-state index >= 15 is 0 Å². The first-order valence-electron chi connectivity index (χ1n) is 6.85. The van der Waals surface area contributed by atoms with Gasteiger partial charge in [-0.1, -0.05) is 36.8 Å². The molecular weight excluding hydrogens is 274 g/mol. The molecule has 4 nitrogen and oxygen atoms in total. The summed E-state index contributed by atoms with van der Waals surface area (Å²) in [6.07, 6.45) is 5.63. The van der Waals surface area contributed by atoms with Crippen LogP contribution in [-0.2, 0) is 10.0 Å². The molecule has 0 bridgehead atoms. The van der Waals surface area contributed by atoms with Gasteiger partial charge >= 0.3 is 0 Å². The summed E-state index contributed by atoms with van der Waals surface area (Å²) >= 11 is 0. The summed E-state index contributed by atoms with van der Waals surface area (Å²) in [7, 11) is -3.54. The van der Waals surface area contributed by atoms with Gasteiger partial charge in [0.15, 0.2) is 0 Å². The van der Waals surface area contributed by atoms with Crippen LogP contribution >= 0.6 is 0 Å². The van der Waals surface area contributed by atoms with Crippen LogP contribution in [0.15, 0.2) is 41.3 Å². The standard InChI is InChI=1S/C15H23NO3S/c1-3-4-5-6-7-14(17)12-16-20(18,19)15-10-8-13(2)9-11-15/h4-5,8-11,14,16-17H,3,6-7,12H2,1-2H3/b5-4+.